The number of hydrogen-bond donors (Lipinski definition) is 0. The molecule has 0 unspecified atom stereocenters. The first-order valence-electron chi connectivity index (χ1n) is 4.93. The largest absolute Gasteiger partial charge is 0.573 e. The molecule has 0 aliphatic rings. The molecular formula is C9H6F3IN2O5. The minimum atomic E-state index is -5.15. The summed E-state index contributed by atoms with van der Waals surface area (Å²) in [6.45, 7) is 1.34. The van der Waals surface area contributed by atoms with Crippen LogP contribution >= 0.6 is 22.6 Å². The van der Waals surface area contributed by atoms with Crippen molar-refractivity contribution < 1.29 is 32.4 Å². The molecule has 1 aromatic rings. The second kappa shape index (κ2) is 6.19. The van der Waals surface area contributed by atoms with E-state index in [1.165, 1.54) is 29.5 Å². The predicted molar refractivity (Wildman–Crippen MR) is 66.2 cm³/mol. The number of rotatable bonds is 4. The van der Waals surface area contributed by atoms with E-state index in [1.807, 2.05) is 0 Å². The minimum Gasteiger partial charge on any atom is -0.462 e. The van der Waals surface area contributed by atoms with Crippen molar-refractivity contribution >= 4 is 34.2 Å². The highest BCUT2D eigenvalue weighted by Crippen LogP contribution is 2.36. The number of halogens is 4. The molecule has 0 atom stereocenters. The van der Waals surface area contributed by atoms with Crippen molar-refractivity contribution in [1.82, 2.24) is 4.98 Å². The third-order valence-electron chi connectivity index (χ3n) is 1.86. The zero-order valence-electron chi connectivity index (χ0n) is 9.73. The lowest BCUT2D eigenvalue weighted by atomic mass is 10.2. The number of ether oxygens (including phenoxy) is 2. The number of esters is 1. The van der Waals surface area contributed by atoms with Crippen molar-refractivity contribution in [3.8, 4) is 5.75 Å². The Hall–Kier alpha value is -1.66. The summed E-state index contributed by atoms with van der Waals surface area (Å²) in [5.41, 5.74) is -1.82. The molecule has 1 heterocycles. The van der Waals surface area contributed by atoms with E-state index in [9.17, 15) is 28.1 Å². The van der Waals surface area contributed by atoms with Crippen molar-refractivity contribution in [2.75, 3.05) is 6.61 Å². The number of alkyl halides is 3. The molecule has 20 heavy (non-hydrogen) atoms. The summed E-state index contributed by atoms with van der Waals surface area (Å²) < 4.78 is 44.4. The van der Waals surface area contributed by atoms with Gasteiger partial charge >= 0.3 is 18.0 Å². The van der Waals surface area contributed by atoms with Gasteiger partial charge in [0, 0.05) is 0 Å². The lowest BCUT2D eigenvalue weighted by molar-refractivity contribution is -0.389. The van der Waals surface area contributed by atoms with Crippen molar-refractivity contribution in [3.05, 3.63) is 25.6 Å². The normalized spacial score (nSPS) is 11.1. The maximum atomic E-state index is 12.2. The quantitative estimate of drug-likeness (QED) is 0.251. The Labute approximate surface area is 123 Å². The molecule has 0 spiro atoms. The standard InChI is InChI=1S/C9H6F3IN2O5/c1-2-19-8(16)5-6(15(17)18)4(3-14-7(5)13)20-9(10,11)12/h3H,2H2,1H3. The summed E-state index contributed by atoms with van der Waals surface area (Å²) in [6.07, 6.45) is -4.62. The van der Waals surface area contributed by atoms with Crippen molar-refractivity contribution in [2.24, 2.45) is 0 Å². The first-order valence-corrected chi connectivity index (χ1v) is 6.01. The fourth-order valence-corrected chi connectivity index (χ4v) is 1.84. The Bertz CT molecular complexity index is 549. The lowest BCUT2D eigenvalue weighted by Crippen LogP contribution is -2.20. The molecule has 1 aromatic heterocycles. The molecule has 1 rings (SSSR count). The van der Waals surface area contributed by atoms with Crippen LogP contribution in [-0.2, 0) is 4.74 Å². The zero-order chi connectivity index (χ0) is 15.5. The lowest BCUT2D eigenvalue weighted by Gasteiger charge is -2.11. The molecule has 7 nitrogen and oxygen atoms in total. The number of carbonyl (C=O) groups is 1. The minimum absolute atomic E-state index is 0.101. The van der Waals surface area contributed by atoms with E-state index in [1.54, 1.807) is 0 Å². The molecule has 0 aliphatic carbocycles. The van der Waals surface area contributed by atoms with Crippen molar-refractivity contribution in [1.29, 1.82) is 0 Å². The maximum absolute atomic E-state index is 12.2. The van der Waals surface area contributed by atoms with Crippen LogP contribution in [0.1, 0.15) is 17.3 Å². The van der Waals surface area contributed by atoms with E-state index in [2.05, 4.69) is 14.5 Å². The van der Waals surface area contributed by atoms with Crippen LogP contribution in [0.5, 0.6) is 5.75 Å². The van der Waals surface area contributed by atoms with Gasteiger partial charge in [-0.2, -0.15) is 0 Å². The van der Waals surface area contributed by atoms with E-state index in [-0.39, 0.29) is 10.3 Å². The summed E-state index contributed by atoms with van der Waals surface area (Å²) >= 11 is 1.47. The highest BCUT2D eigenvalue weighted by atomic mass is 127. The molecule has 0 aromatic carbocycles. The van der Waals surface area contributed by atoms with Crippen LogP contribution in [0, 0.1) is 13.8 Å². The highest BCUT2D eigenvalue weighted by molar-refractivity contribution is 14.1. The first-order chi connectivity index (χ1) is 9.17. The van der Waals surface area contributed by atoms with E-state index >= 15 is 0 Å². The van der Waals surface area contributed by atoms with Gasteiger partial charge in [0.2, 0.25) is 5.75 Å². The topological polar surface area (TPSA) is 91.6 Å². The van der Waals surface area contributed by atoms with E-state index in [4.69, 9.17) is 0 Å². The smallest absolute Gasteiger partial charge is 0.462 e. The van der Waals surface area contributed by atoms with Gasteiger partial charge in [0.05, 0.1) is 17.7 Å². The third kappa shape index (κ3) is 3.91. The van der Waals surface area contributed by atoms with Gasteiger partial charge in [-0.1, -0.05) is 0 Å². The van der Waals surface area contributed by atoms with Gasteiger partial charge < -0.3 is 9.47 Å². The second-order valence-electron chi connectivity index (χ2n) is 3.16. The van der Waals surface area contributed by atoms with Gasteiger partial charge in [-0.05, 0) is 29.5 Å². The molecule has 0 N–H and O–H groups in total. The fourth-order valence-electron chi connectivity index (χ4n) is 1.23. The zero-order valence-corrected chi connectivity index (χ0v) is 11.9. The Kier molecular flexibility index (Phi) is 5.08. The van der Waals surface area contributed by atoms with Crippen LogP contribution in [0.15, 0.2) is 6.20 Å². The predicted octanol–water partition coefficient (Wildman–Crippen LogP) is 2.67. The van der Waals surface area contributed by atoms with Crippen molar-refractivity contribution in [3.63, 3.8) is 0 Å². The Morgan fingerprint density at radius 1 is 1.55 bits per heavy atom. The molecule has 0 amide bonds. The van der Waals surface area contributed by atoms with E-state index in [0.717, 1.165) is 0 Å². The average Bonchev–Trinajstić information content (AvgIpc) is 2.29. The SMILES string of the molecule is CCOC(=O)c1c(I)ncc(OC(F)(F)F)c1[N+](=O)[O-]. The van der Waals surface area contributed by atoms with Crippen LogP contribution in [0.2, 0.25) is 0 Å². The number of hydrogen-bond acceptors (Lipinski definition) is 6. The molecule has 0 aliphatic heterocycles. The molecule has 0 saturated carbocycles. The Morgan fingerprint density at radius 3 is 2.60 bits per heavy atom. The summed E-state index contributed by atoms with van der Waals surface area (Å²) in [6, 6.07) is 0. The van der Waals surface area contributed by atoms with Gasteiger partial charge in [-0.15, -0.1) is 13.2 Å². The van der Waals surface area contributed by atoms with Gasteiger partial charge in [0.1, 0.15) is 3.70 Å². The molecule has 110 valence electrons. The van der Waals surface area contributed by atoms with Crippen LogP contribution in [0.4, 0.5) is 18.9 Å². The summed E-state index contributed by atoms with van der Waals surface area (Å²) in [7, 11) is 0. The number of nitro groups is 1. The number of pyridine rings is 1. The molecule has 0 radical (unpaired) electrons. The van der Waals surface area contributed by atoms with Gasteiger partial charge in [0.25, 0.3) is 0 Å². The molecule has 0 bridgehead atoms. The number of nitrogens with zero attached hydrogens (tertiary/aromatic N) is 2. The molecular weight excluding hydrogens is 400 g/mol. The molecule has 0 saturated heterocycles. The molecule has 11 heteroatoms. The average molecular weight is 406 g/mol. The summed E-state index contributed by atoms with van der Waals surface area (Å²) in [5, 5.41) is 10.9. The summed E-state index contributed by atoms with van der Waals surface area (Å²) in [4.78, 5) is 24.8. The highest BCUT2D eigenvalue weighted by Gasteiger charge is 2.38. The Morgan fingerprint density at radius 2 is 2.15 bits per heavy atom. The number of carbonyl (C=O) groups excluding carboxylic acids is 1. The van der Waals surface area contributed by atoms with E-state index < -0.39 is 34.3 Å². The van der Waals surface area contributed by atoms with Gasteiger partial charge in [-0.25, -0.2) is 9.78 Å². The summed E-state index contributed by atoms with van der Waals surface area (Å²) in [5.74, 6) is -2.32. The van der Waals surface area contributed by atoms with Crippen LogP contribution in [-0.4, -0.2) is 28.8 Å². The molecule has 0 fully saturated rings. The number of aromatic nitrogens is 1. The van der Waals surface area contributed by atoms with Crippen molar-refractivity contribution in [2.45, 2.75) is 13.3 Å². The van der Waals surface area contributed by atoms with Crippen LogP contribution < -0.4 is 4.74 Å². The first kappa shape index (κ1) is 16.4. The van der Waals surface area contributed by atoms with Crippen LogP contribution in [0.25, 0.3) is 0 Å². The van der Waals surface area contributed by atoms with E-state index in [0.29, 0.717) is 6.20 Å². The third-order valence-corrected chi connectivity index (χ3v) is 2.68. The van der Waals surface area contributed by atoms with Gasteiger partial charge in [0.15, 0.2) is 5.56 Å². The van der Waals surface area contributed by atoms with Crippen LogP contribution in [0.3, 0.4) is 0 Å². The Balaban J connectivity index is 3.45. The fraction of sp³-hybridized carbons (Fsp3) is 0.333. The second-order valence-corrected chi connectivity index (χ2v) is 4.18. The van der Waals surface area contributed by atoms with Gasteiger partial charge in [-0.3, -0.25) is 10.1 Å². The maximum Gasteiger partial charge on any atom is 0.573 e. The monoisotopic (exact) mass is 406 g/mol.